The summed E-state index contributed by atoms with van der Waals surface area (Å²) >= 11 is 0. The molecule has 0 aliphatic carbocycles. The fourth-order valence-electron chi connectivity index (χ4n) is 3.74. The van der Waals surface area contributed by atoms with E-state index in [-0.39, 0.29) is 17.1 Å². The summed E-state index contributed by atoms with van der Waals surface area (Å²) in [5.74, 6) is 0.437. The van der Waals surface area contributed by atoms with Gasteiger partial charge in [-0.1, -0.05) is 24.3 Å². The number of benzene rings is 2. The van der Waals surface area contributed by atoms with Crippen molar-refractivity contribution in [3.05, 3.63) is 65.6 Å². The van der Waals surface area contributed by atoms with Gasteiger partial charge in [-0.25, -0.2) is 9.55 Å². The summed E-state index contributed by atoms with van der Waals surface area (Å²) in [4.78, 5) is 8.78. The lowest BCUT2D eigenvalue weighted by Gasteiger charge is -2.09. The predicted molar refractivity (Wildman–Crippen MR) is 108 cm³/mol. The SMILES string of the molecule is [2H]C([2H])([2H])c1cc[n+](C)c(-c2c(C)c3ccccc3c3c2oc2nc(C([2H])([2H])[2H])ccc23)n1. The summed E-state index contributed by atoms with van der Waals surface area (Å²) in [5, 5.41) is 3.37. The molecule has 5 aromatic rings. The molecule has 5 rings (SSSR count). The lowest BCUT2D eigenvalue weighted by Crippen LogP contribution is -2.32. The van der Waals surface area contributed by atoms with Crippen LogP contribution in [0.3, 0.4) is 0 Å². The molecule has 0 aliphatic heterocycles. The van der Waals surface area contributed by atoms with Crippen molar-refractivity contribution in [1.82, 2.24) is 9.97 Å². The van der Waals surface area contributed by atoms with Crippen molar-refractivity contribution in [2.75, 3.05) is 0 Å². The van der Waals surface area contributed by atoms with Crippen LogP contribution in [-0.2, 0) is 7.05 Å². The molecule has 27 heavy (non-hydrogen) atoms. The van der Waals surface area contributed by atoms with Gasteiger partial charge >= 0.3 is 5.82 Å². The van der Waals surface area contributed by atoms with Gasteiger partial charge in [-0.15, -0.1) is 0 Å². The molecule has 0 saturated carbocycles. The highest BCUT2D eigenvalue weighted by atomic mass is 16.3. The number of pyridine rings is 1. The highest BCUT2D eigenvalue weighted by molar-refractivity contribution is 6.22. The lowest BCUT2D eigenvalue weighted by molar-refractivity contribution is -0.663. The second-order valence-electron chi connectivity index (χ2n) is 6.65. The molecular formula is C23H20N3O+. The molecule has 3 aromatic heterocycles. The van der Waals surface area contributed by atoms with Gasteiger partial charge < -0.3 is 4.42 Å². The standard InChI is InChI=1S/C23H20N3O/c1-13-9-10-18-20-17-8-6-5-7-16(17)15(3)19(21(20)27-23(18)25-13)22-24-14(2)11-12-26(22)4/h5-12H,1-4H3/q+1/i1D3,2D3. The fraction of sp³-hybridized carbons (Fsp3) is 0.174. The minimum absolute atomic E-state index is 0.0183. The van der Waals surface area contributed by atoms with E-state index in [1.807, 2.05) is 31.2 Å². The average Bonchev–Trinajstić information content (AvgIpc) is 3.12. The van der Waals surface area contributed by atoms with Crippen molar-refractivity contribution in [2.24, 2.45) is 7.05 Å². The Morgan fingerprint density at radius 1 is 0.926 bits per heavy atom. The molecule has 4 nitrogen and oxygen atoms in total. The number of furan rings is 1. The number of aryl methyl sites for hydroxylation is 4. The van der Waals surface area contributed by atoms with Crippen LogP contribution in [0.5, 0.6) is 0 Å². The highest BCUT2D eigenvalue weighted by Gasteiger charge is 2.26. The Morgan fingerprint density at radius 2 is 1.70 bits per heavy atom. The molecule has 0 unspecified atom stereocenters. The number of hydrogen-bond acceptors (Lipinski definition) is 3. The number of rotatable bonds is 1. The van der Waals surface area contributed by atoms with Crippen molar-refractivity contribution in [2.45, 2.75) is 20.6 Å². The first-order valence-electron chi connectivity index (χ1n) is 11.6. The van der Waals surface area contributed by atoms with Crippen molar-refractivity contribution in [3.63, 3.8) is 0 Å². The summed E-state index contributed by atoms with van der Waals surface area (Å²) < 4.78 is 54.4. The smallest absolute Gasteiger partial charge is 0.334 e. The quantitative estimate of drug-likeness (QED) is 0.397. The van der Waals surface area contributed by atoms with Crippen LogP contribution >= 0.6 is 0 Å². The van der Waals surface area contributed by atoms with Gasteiger partial charge in [0.1, 0.15) is 5.56 Å². The van der Waals surface area contributed by atoms with E-state index >= 15 is 0 Å². The van der Waals surface area contributed by atoms with Crippen molar-refractivity contribution >= 4 is 32.8 Å². The zero-order chi connectivity index (χ0) is 23.7. The van der Waals surface area contributed by atoms with E-state index in [2.05, 4.69) is 9.97 Å². The summed E-state index contributed by atoms with van der Waals surface area (Å²) in [7, 11) is 1.79. The fourth-order valence-corrected chi connectivity index (χ4v) is 3.74. The monoisotopic (exact) mass is 360 g/mol. The van der Waals surface area contributed by atoms with Gasteiger partial charge in [-0.2, -0.15) is 0 Å². The van der Waals surface area contributed by atoms with Gasteiger partial charge in [0.05, 0.1) is 13.2 Å². The number of hydrogen-bond donors (Lipinski definition) is 0. The summed E-state index contributed by atoms with van der Waals surface area (Å²) in [6.45, 7) is -2.79. The maximum atomic E-state index is 7.80. The Bertz CT molecular complexity index is 1570. The van der Waals surface area contributed by atoms with Gasteiger partial charge in [0.25, 0.3) is 0 Å². The third-order valence-electron chi connectivity index (χ3n) is 5.00. The minimum atomic E-state index is -2.37. The zero-order valence-corrected chi connectivity index (χ0v) is 14.9. The van der Waals surface area contributed by atoms with Gasteiger partial charge in [-0.05, 0) is 47.2 Å². The van der Waals surface area contributed by atoms with Crippen LogP contribution in [0.25, 0.3) is 44.2 Å². The topological polar surface area (TPSA) is 42.8 Å². The first-order chi connectivity index (χ1) is 15.5. The predicted octanol–water partition coefficient (Wildman–Crippen LogP) is 4.95. The maximum Gasteiger partial charge on any atom is 0.334 e. The second-order valence-corrected chi connectivity index (χ2v) is 6.65. The first kappa shape index (κ1) is 10.8. The molecule has 3 heterocycles. The molecule has 0 bridgehead atoms. The van der Waals surface area contributed by atoms with Gasteiger partial charge in [-0.3, -0.25) is 0 Å². The summed E-state index contributed by atoms with van der Waals surface area (Å²) in [6, 6.07) is 12.5. The largest absolute Gasteiger partial charge is 0.437 e. The zero-order valence-electron chi connectivity index (χ0n) is 20.9. The Kier molecular flexibility index (Phi) is 2.24. The second kappa shape index (κ2) is 5.61. The molecule has 0 saturated heterocycles. The van der Waals surface area contributed by atoms with Crippen LogP contribution in [0, 0.1) is 20.6 Å². The molecular weight excluding hydrogens is 334 g/mol. The maximum absolute atomic E-state index is 7.80. The van der Waals surface area contributed by atoms with Crippen molar-refractivity contribution < 1.29 is 17.2 Å². The Hall–Kier alpha value is -3.27. The molecule has 132 valence electrons. The van der Waals surface area contributed by atoms with Crippen LogP contribution < -0.4 is 4.57 Å². The van der Waals surface area contributed by atoms with Crippen LogP contribution in [0.15, 0.2) is 53.1 Å². The van der Waals surface area contributed by atoms with E-state index in [4.69, 9.17) is 12.6 Å². The highest BCUT2D eigenvalue weighted by Crippen LogP contribution is 2.41. The number of fused-ring (bicyclic) bond motifs is 5. The van der Waals surface area contributed by atoms with Crippen LogP contribution in [0.4, 0.5) is 0 Å². The number of nitrogens with zero attached hydrogens (tertiary/aromatic N) is 3. The first-order valence-corrected chi connectivity index (χ1v) is 8.59. The van der Waals surface area contributed by atoms with Gasteiger partial charge in [0, 0.05) is 37.6 Å². The van der Waals surface area contributed by atoms with Crippen LogP contribution in [0.1, 0.15) is 25.2 Å². The molecule has 0 amide bonds. The van der Waals surface area contributed by atoms with Crippen molar-refractivity contribution in [1.29, 1.82) is 0 Å². The summed E-state index contributed by atoms with van der Waals surface area (Å²) in [5.41, 5.74) is 2.15. The van der Waals surface area contributed by atoms with E-state index in [1.54, 1.807) is 23.9 Å². The lowest BCUT2D eigenvalue weighted by atomic mass is 9.94. The Labute approximate surface area is 165 Å². The van der Waals surface area contributed by atoms with E-state index < -0.39 is 13.7 Å². The molecule has 0 N–H and O–H groups in total. The third-order valence-corrected chi connectivity index (χ3v) is 5.00. The Morgan fingerprint density at radius 3 is 2.52 bits per heavy atom. The van der Waals surface area contributed by atoms with Gasteiger partial charge in [0.2, 0.25) is 5.71 Å². The number of aromatic nitrogens is 3. The molecule has 0 spiro atoms. The van der Waals surface area contributed by atoms with Crippen LogP contribution in [-0.4, -0.2) is 9.97 Å². The van der Waals surface area contributed by atoms with Gasteiger partial charge in [0.15, 0.2) is 11.3 Å². The van der Waals surface area contributed by atoms with E-state index in [0.29, 0.717) is 22.4 Å². The molecule has 0 radical (unpaired) electrons. The third kappa shape index (κ3) is 2.26. The molecule has 0 fully saturated rings. The molecule has 0 aliphatic rings. The average molecular weight is 360 g/mol. The van der Waals surface area contributed by atoms with Crippen LogP contribution in [0.2, 0.25) is 0 Å². The van der Waals surface area contributed by atoms with Crippen molar-refractivity contribution in [3.8, 4) is 11.4 Å². The minimum Gasteiger partial charge on any atom is -0.437 e. The molecule has 2 aromatic carbocycles. The van der Waals surface area contributed by atoms with E-state index in [0.717, 1.165) is 21.7 Å². The molecule has 0 atom stereocenters. The van der Waals surface area contributed by atoms with E-state index in [9.17, 15) is 0 Å². The summed E-state index contributed by atoms with van der Waals surface area (Å²) in [6.07, 6.45) is 1.66. The normalized spacial score (nSPS) is 15.9. The Balaban J connectivity index is 1.96. The molecule has 4 heteroatoms. The van der Waals surface area contributed by atoms with E-state index in [1.165, 1.54) is 12.1 Å².